The van der Waals surface area contributed by atoms with E-state index in [9.17, 15) is 0 Å². The fourth-order valence-corrected chi connectivity index (χ4v) is 2.15. The van der Waals surface area contributed by atoms with Gasteiger partial charge >= 0.3 is 0 Å². The van der Waals surface area contributed by atoms with Crippen molar-refractivity contribution in [3.05, 3.63) is 29.5 Å². The standard InChI is InChI=1S/C10H13N3S/c1-7(11)4-9-6-14-10(13-9)8-2-3-12-5-8/h2-3,5-7,12H,4,11H2,1H3. The first-order valence-corrected chi connectivity index (χ1v) is 5.47. The van der Waals surface area contributed by atoms with Gasteiger partial charge in [-0.3, -0.25) is 0 Å². The van der Waals surface area contributed by atoms with Crippen molar-refractivity contribution in [3.63, 3.8) is 0 Å². The zero-order valence-electron chi connectivity index (χ0n) is 8.03. The minimum absolute atomic E-state index is 0.177. The smallest absolute Gasteiger partial charge is 0.125 e. The molecule has 0 aliphatic heterocycles. The van der Waals surface area contributed by atoms with Crippen molar-refractivity contribution in [1.29, 1.82) is 0 Å². The Balaban J connectivity index is 2.18. The molecule has 4 heteroatoms. The maximum atomic E-state index is 5.71. The number of aromatic nitrogens is 2. The number of hydrogen-bond donors (Lipinski definition) is 2. The largest absolute Gasteiger partial charge is 0.367 e. The summed E-state index contributed by atoms with van der Waals surface area (Å²) >= 11 is 1.66. The fourth-order valence-electron chi connectivity index (χ4n) is 1.32. The van der Waals surface area contributed by atoms with Crippen LogP contribution >= 0.6 is 11.3 Å². The Morgan fingerprint density at radius 3 is 3.14 bits per heavy atom. The lowest BCUT2D eigenvalue weighted by Gasteiger charge is -1.99. The molecule has 0 fully saturated rings. The van der Waals surface area contributed by atoms with Gasteiger partial charge in [0.2, 0.25) is 0 Å². The molecule has 0 aromatic carbocycles. The Hall–Kier alpha value is -1.13. The molecule has 3 nitrogen and oxygen atoms in total. The zero-order valence-corrected chi connectivity index (χ0v) is 8.84. The molecule has 0 spiro atoms. The molecule has 2 heterocycles. The van der Waals surface area contributed by atoms with Crippen LogP contribution in [0.3, 0.4) is 0 Å². The number of nitrogens with two attached hydrogens (primary N) is 1. The highest BCUT2D eigenvalue weighted by molar-refractivity contribution is 7.13. The molecular weight excluding hydrogens is 194 g/mol. The molecule has 3 N–H and O–H groups in total. The SMILES string of the molecule is CC(N)Cc1csc(-c2cc[nH]c2)n1. The summed E-state index contributed by atoms with van der Waals surface area (Å²) in [7, 11) is 0. The highest BCUT2D eigenvalue weighted by Crippen LogP contribution is 2.23. The molecule has 0 saturated carbocycles. The van der Waals surface area contributed by atoms with Gasteiger partial charge in [-0.1, -0.05) is 0 Å². The Kier molecular flexibility index (Phi) is 2.65. The van der Waals surface area contributed by atoms with Crippen LogP contribution in [-0.2, 0) is 6.42 Å². The van der Waals surface area contributed by atoms with Crippen LogP contribution in [0.1, 0.15) is 12.6 Å². The molecule has 1 atom stereocenters. The maximum absolute atomic E-state index is 5.71. The second kappa shape index (κ2) is 3.94. The topological polar surface area (TPSA) is 54.7 Å². The number of nitrogens with one attached hydrogen (secondary N) is 1. The van der Waals surface area contributed by atoms with E-state index in [4.69, 9.17) is 5.73 Å². The minimum Gasteiger partial charge on any atom is -0.367 e. The van der Waals surface area contributed by atoms with E-state index in [1.807, 2.05) is 25.4 Å². The van der Waals surface area contributed by atoms with Gasteiger partial charge < -0.3 is 10.7 Å². The molecule has 2 rings (SSSR count). The van der Waals surface area contributed by atoms with Crippen molar-refractivity contribution < 1.29 is 0 Å². The van der Waals surface area contributed by atoms with Crippen molar-refractivity contribution >= 4 is 11.3 Å². The van der Waals surface area contributed by atoms with Crippen molar-refractivity contribution in [1.82, 2.24) is 9.97 Å². The third kappa shape index (κ3) is 2.02. The summed E-state index contributed by atoms with van der Waals surface area (Å²) in [5.41, 5.74) is 7.94. The second-order valence-electron chi connectivity index (χ2n) is 3.43. The highest BCUT2D eigenvalue weighted by atomic mass is 32.1. The van der Waals surface area contributed by atoms with E-state index in [1.54, 1.807) is 11.3 Å². The summed E-state index contributed by atoms with van der Waals surface area (Å²) in [6.45, 7) is 2.00. The zero-order chi connectivity index (χ0) is 9.97. The van der Waals surface area contributed by atoms with Gasteiger partial charge in [-0.25, -0.2) is 4.98 Å². The maximum Gasteiger partial charge on any atom is 0.125 e. The molecule has 0 aliphatic carbocycles. The summed E-state index contributed by atoms with van der Waals surface area (Å²) in [5.74, 6) is 0. The van der Waals surface area contributed by atoms with Gasteiger partial charge in [0.1, 0.15) is 5.01 Å². The number of thiazole rings is 1. The monoisotopic (exact) mass is 207 g/mol. The van der Waals surface area contributed by atoms with Gasteiger partial charge in [0.05, 0.1) is 5.69 Å². The summed E-state index contributed by atoms with van der Waals surface area (Å²) in [6, 6.07) is 2.20. The van der Waals surface area contributed by atoms with Crippen LogP contribution in [0.2, 0.25) is 0 Å². The van der Waals surface area contributed by atoms with Gasteiger partial charge in [0.25, 0.3) is 0 Å². The molecule has 0 radical (unpaired) electrons. The van der Waals surface area contributed by atoms with E-state index >= 15 is 0 Å². The number of aromatic amines is 1. The van der Waals surface area contributed by atoms with Gasteiger partial charge in [-0.05, 0) is 13.0 Å². The normalized spacial score (nSPS) is 13.0. The van der Waals surface area contributed by atoms with E-state index < -0.39 is 0 Å². The van der Waals surface area contributed by atoms with Crippen LogP contribution in [0, 0.1) is 0 Å². The summed E-state index contributed by atoms with van der Waals surface area (Å²) in [4.78, 5) is 7.53. The summed E-state index contributed by atoms with van der Waals surface area (Å²) in [5, 5.41) is 3.13. The second-order valence-corrected chi connectivity index (χ2v) is 4.28. The fraction of sp³-hybridized carbons (Fsp3) is 0.300. The molecule has 0 bridgehead atoms. The molecule has 74 valence electrons. The lowest BCUT2D eigenvalue weighted by atomic mass is 10.2. The Morgan fingerprint density at radius 1 is 1.64 bits per heavy atom. The number of hydrogen-bond acceptors (Lipinski definition) is 3. The molecule has 1 unspecified atom stereocenters. The first kappa shape index (κ1) is 9.43. The third-order valence-corrected chi connectivity index (χ3v) is 2.87. The predicted octanol–water partition coefficient (Wildman–Crippen LogP) is 2.03. The Bertz CT molecular complexity index is 389. The number of nitrogens with zero attached hydrogens (tertiary/aromatic N) is 1. The van der Waals surface area contributed by atoms with Crippen LogP contribution in [0.5, 0.6) is 0 Å². The van der Waals surface area contributed by atoms with Crippen LogP contribution in [0.25, 0.3) is 10.6 Å². The highest BCUT2D eigenvalue weighted by Gasteiger charge is 2.06. The average molecular weight is 207 g/mol. The van der Waals surface area contributed by atoms with Gasteiger partial charge in [-0.2, -0.15) is 0 Å². The molecule has 2 aromatic rings. The lowest BCUT2D eigenvalue weighted by molar-refractivity contribution is 0.726. The van der Waals surface area contributed by atoms with E-state index in [1.165, 1.54) is 0 Å². The van der Waals surface area contributed by atoms with E-state index in [0.29, 0.717) is 0 Å². The summed E-state index contributed by atoms with van der Waals surface area (Å²) in [6.07, 6.45) is 4.71. The number of H-pyrrole nitrogens is 1. The van der Waals surface area contributed by atoms with Crippen molar-refractivity contribution in [2.24, 2.45) is 5.73 Å². The molecule has 0 aliphatic rings. The van der Waals surface area contributed by atoms with Gasteiger partial charge in [-0.15, -0.1) is 11.3 Å². The van der Waals surface area contributed by atoms with E-state index in [2.05, 4.69) is 15.3 Å². The molecule has 0 amide bonds. The van der Waals surface area contributed by atoms with Crippen LogP contribution in [0.4, 0.5) is 0 Å². The predicted molar refractivity (Wildman–Crippen MR) is 59.3 cm³/mol. The molecule has 0 saturated heterocycles. The lowest BCUT2D eigenvalue weighted by Crippen LogP contribution is -2.17. The first-order valence-electron chi connectivity index (χ1n) is 4.59. The van der Waals surface area contributed by atoms with Crippen LogP contribution in [0.15, 0.2) is 23.8 Å². The quantitative estimate of drug-likeness (QED) is 0.809. The van der Waals surface area contributed by atoms with Crippen molar-refractivity contribution in [2.45, 2.75) is 19.4 Å². The molecular formula is C10H13N3S. The van der Waals surface area contributed by atoms with Crippen LogP contribution < -0.4 is 5.73 Å². The molecule has 14 heavy (non-hydrogen) atoms. The van der Waals surface area contributed by atoms with E-state index in [-0.39, 0.29) is 6.04 Å². The molecule has 2 aromatic heterocycles. The van der Waals surface area contributed by atoms with Crippen molar-refractivity contribution in [2.75, 3.05) is 0 Å². The minimum atomic E-state index is 0.177. The Labute approximate surface area is 87.0 Å². The number of rotatable bonds is 3. The summed E-state index contributed by atoms with van der Waals surface area (Å²) < 4.78 is 0. The van der Waals surface area contributed by atoms with Gasteiger partial charge in [0.15, 0.2) is 0 Å². The Morgan fingerprint density at radius 2 is 2.50 bits per heavy atom. The third-order valence-electron chi connectivity index (χ3n) is 1.93. The first-order chi connectivity index (χ1) is 6.75. The van der Waals surface area contributed by atoms with Gasteiger partial charge in [0, 0.05) is 35.8 Å². The average Bonchev–Trinajstić information content (AvgIpc) is 2.69. The van der Waals surface area contributed by atoms with E-state index in [0.717, 1.165) is 22.7 Å². The van der Waals surface area contributed by atoms with Crippen molar-refractivity contribution in [3.8, 4) is 10.6 Å². The van der Waals surface area contributed by atoms with Crippen LogP contribution in [-0.4, -0.2) is 16.0 Å².